The summed E-state index contributed by atoms with van der Waals surface area (Å²) < 4.78 is 0. The molecule has 0 aliphatic heterocycles. The zero-order valence-corrected chi connectivity index (χ0v) is 9.14. The van der Waals surface area contributed by atoms with Crippen LogP contribution in [0.3, 0.4) is 0 Å². The third-order valence-corrected chi connectivity index (χ3v) is 2.08. The lowest BCUT2D eigenvalue weighted by Gasteiger charge is -2.24. The van der Waals surface area contributed by atoms with E-state index < -0.39 is 5.97 Å². The Kier molecular flexibility index (Phi) is 3.60. The number of anilines is 1. The summed E-state index contributed by atoms with van der Waals surface area (Å²) in [6.07, 6.45) is 1.47. The minimum atomic E-state index is -1.03. The highest BCUT2D eigenvalue weighted by Gasteiger charge is 2.13. The summed E-state index contributed by atoms with van der Waals surface area (Å²) in [6.45, 7) is 6.76. The Hall–Kier alpha value is -1.65. The molecule has 0 fully saturated rings. The van der Waals surface area contributed by atoms with Crippen LogP contribution in [0.1, 0.15) is 31.3 Å². The topological polar surface area (TPSA) is 66.3 Å². The van der Waals surface area contributed by atoms with Crippen LogP contribution in [-0.2, 0) is 0 Å². The highest BCUT2D eigenvalue weighted by Crippen LogP contribution is 2.10. The van der Waals surface area contributed by atoms with Crippen molar-refractivity contribution in [1.82, 2.24) is 9.97 Å². The van der Waals surface area contributed by atoms with Gasteiger partial charge in [-0.1, -0.05) is 0 Å². The molecule has 0 saturated carbocycles. The van der Waals surface area contributed by atoms with Crippen LogP contribution in [0.15, 0.2) is 12.3 Å². The number of rotatable bonds is 4. The number of aromatic nitrogens is 2. The molecule has 0 radical (unpaired) electrons. The molecule has 1 aromatic rings. The van der Waals surface area contributed by atoms with Crippen LogP contribution in [0, 0.1) is 0 Å². The molecule has 1 aromatic heterocycles. The Bertz CT molecular complexity index is 352. The first-order valence-electron chi connectivity index (χ1n) is 4.89. The van der Waals surface area contributed by atoms with Gasteiger partial charge in [0.1, 0.15) is 0 Å². The second-order valence-corrected chi connectivity index (χ2v) is 3.43. The average Bonchev–Trinajstić information content (AvgIpc) is 2.18. The predicted molar refractivity (Wildman–Crippen MR) is 57.1 cm³/mol. The number of hydrogen-bond acceptors (Lipinski definition) is 4. The van der Waals surface area contributed by atoms with E-state index in [1.54, 1.807) is 0 Å². The van der Waals surface area contributed by atoms with Crippen molar-refractivity contribution in [2.24, 2.45) is 0 Å². The molecular weight excluding hydrogens is 194 g/mol. The van der Waals surface area contributed by atoms with Crippen LogP contribution >= 0.6 is 0 Å². The second-order valence-electron chi connectivity index (χ2n) is 3.43. The Balaban J connectivity index is 3.03. The molecule has 0 bridgehead atoms. The maximum Gasteiger partial charge on any atom is 0.354 e. The molecule has 0 atom stereocenters. The quantitative estimate of drug-likeness (QED) is 0.812. The minimum Gasteiger partial charge on any atom is -0.477 e. The van der Waals surface area contributed by atoms with Crippen molar-refractivity contribution in [2.75, 3.05) is 11.4 Å². The van der Waals surface area contributed by atoms with Crippen molar-refractivity contribution in [3.8, 4) is 0 Å². The molecule has 1 rings (SSSR count). The van der Waals surface area contributed by atoms with E-state index in [0.29, 0.717) is 5.95 Å². The summed E-state index contributed by atoms with van der Waals surface area (Å²) in [5, 5.41) is 8.79. The van der Waals surface area contributed by atoms with Crippen LogP contribution in [0.2, 0.25) is 0 Å². The third kappa shape index (κ3) is 2.65. The van der Waals surface area contributed by atoms with E-state index in [1.807, 2.05) is 25.7 Å². The van der Waals surface area contributed by atoms with E-state index in [0.717, 1.165) is 6.54 Å². The van der Waals surface area contributed by atoms with E-state index in [1.165, 1.54) is 12.3 Å². The lowest BCUT2D eigenvalue weighted by molar-refractivity contribution is 0.0690. The van der Waals surface area contributed by atoms with Gasteiger partial charge in [-0.05, 0) is 26.8 Å². The van der Waals surface area contributed by atoms with Crippen LogP contribution in [-0.4, -0.2) is 33.6 Å². The summed E-state index contributed by atoms with van der Waals surface area (Å²) in [6, 6.07) is 1.64. The van der Waals surface area contributed by atoms with Crippen LogP contribution in [0.4, 0.5) is 5.95 Å². The van der Waals surface area contributed by atoms with Crippen molar-refractivity contribution >= 4 is 11.9 Å². The number of aromatic carboxylic acids is 1. The highest BCUT2D eigenvalue weighted by molar-refractivity contribution is 5.85. The fourth-order valence-corrected chi connectivity index (χ4v) is 1.34. The number of hydrogen-bond donors (Lipinski definition) is 1. The fraction of sp³-hybridized carbons (Fsp3) is 0.500. The molecule has 15 heavy (non-hydrogen) atoms. The molecule has 5 heteroatoms. The third-order valence-electron chi connectivity index (χ3n) is 2.08. The van der Waals surface area contributed by atoms with Crippen LogP contribution in [0.25, 0.3) is 0 Å². The summed E-state index contributed by atoms with van der Waals surface area (Å²) >= 11 is 0. The van der Waals surface area contributed by atoms with Crippen LogP contribution < -0.4 is 4.90 Å². The standard InChI is InChI=1S/C10H15N3O2/c1-4-13(7(2)3)10-11-6-5-8(12-10)9(14)15/h5-7H,4H2,1-3H3,(H,14,15). The SMILES string of the molecule is CCN(c1nccc(C(=O)O)n1)C(C)C. The first-order valence-corrected chi connectivity index (χ1v) is 4.89. The van der Waals surface area contributed by atoms with E-state index >= 15 is 0 Å². The van der Waals surface area contributed by atoms with Crippen molar-refractivity contribution in [2.45, 2.75) is 26.8 Å². The van der Waals surface area contributed by atoms with Gasteiger partial charge in [0.25, 0.3) is 0 Å². The molecule has 5 nitrogen and oxygen atoms in total. The van der Waals surface area contributed by atoms with Gasteiger partial charge in [0.2, 0.25) is 5.95 Å². The lowest BCUT2D eigenvalue weighted by atomic mass is 10.3. The van der Waals surface area contributed by atoms with Gasteiger partial charge in [0.15, 0.2) is 5.69 Å². The van der Waals surface area contributed by atoms with Gasteiger partial charge in [-0.15, -0.1) is 0 Å². The van der Waals surface area contributed by atoms with Crippen LogP contribution in [0.5, 0.6) is 0 Å². The molecule has 0 unspecified atom stereocenters. The molecule has 1 heterocycles. The Morgan fingerprint density at radius 2 is 2.27 bits per heavy atom. The van der Waals surface area contributed by atoms with Crippen molar-refractivity contribution in [3.05, 3.63) is 18.0 Å². The Morgan fingerprint density at radius 1 is 1.60 bits per heavy atom. The predicted octanol–water partition coefficient (Wildman–Crippen LogP) is 1.41. The van der Waals surface area contributed by atoms with E-state index in [9.17, 15) is 4.79 Å². The Morgan fingerprint density at radius 3 is 2.73 bits per heavy atom. The molecule has 0 aliphatic rings. The first kappa shape index (κ1) is 11.4. The van der Waals surface area contributed by atoms with Crippen molar-refractivity contribution in [1.29, 1.82) is 0 Å². The fourth-order valence-electron chi connectivity index (χ4n) is 1.34. The minimum absolute atomic E-state index is 0.0269. The van der Waals surface area contributed by atoms with Gasteiger partial charge in [-0.3, -0.25) is 0 Å². The Labute approximate surface area is 88.8 Å². The molecule has 0 aromatic carbocycles. The zero-order valence-electron chi connectivity index (χ0n) is 9.14. The van der Waals surface area contributed by atoms with Gasteiger partial charge in [0, 0.05) is 18.8 Å². The van der Waals surface area contributed by atoms with Gasteiger partial charge < -0.3 is 10.0 Å². The first-order chi connectivity index (χ1) is 7.06. The summed E-state index contributed by atoms with van der Waals surface area (Å²) in [5.74, 6) is -0.564. The molecule has 0 spiro atoms. The summed E-state index contributed by atoms with van der Waals surface area (Å²) in [7, 11) is 0. The van der Waals surface area contributed by atoms with E-state index in [2.05, 4.69) is 9.97 Å². The highest BCUT2D eigenvalue weighted by atomic mass is 16.4. The van der Waals surface area contributed by atoms with Crippen molar-refractivity contribution in [3.63, 3.8) is 0 Å². The summed E-state index contributed by atoms with van der Waals surface area (Å²) in [5.41, 5.74) is 0.0269. The lowest BCUT2D eigenvalue weighted by Crippen LogP contribution is -2.32. The van der Waals surface area contributed by atoms with Gasteiger partial charge in [-0.2, -0.15) is 0 Å². The normalized spacial score (nSPS) is 10.4. The van der Waals surface area contributed by atoms with Gasteiger partial charge in [-0.25, -0.2) is 14.8 Å². The molecule has 0 amide bonds. The molecule has 1 N–H and O–H groups in total. The monoisotopic (exact) mass is 209 g/mol. The summed E-state index contributed by atoms with van der Waals surface area (Å²) in [4.78, 5) is 20.7. The molecule has 0 saturated heterocycles. The number of nitrogens with zero attached hydrogens (tertiary/aromatic N) is 3. The second kappa shape index (κ2) is 4.72. The van der Waals surface area contributed by atoms with E-state index in [-0.39, 0.29) is 11.7 Å². The van der Waals surface area contributed by atoms with Crippen molar-refractivity contribution < 1.29 is 9.90 Å². The molecular formula is C10H15N3O2. The van der Waals surface area contributed by atoms with Gasteiger partial charge in [0.05, 0.1) is 0 Å². The molecule has 0 aliphatic carbocycles. The maximum absolute atomic E-state index is 10.7. The molecule has 82 valence electrons. The average molecular weight is 209 g/mol. The van der Waals surface area contributed by atoms with Gasteiger partial charge >= 0.3 is 5.97 Å². The smallest absolute Gasteiger partial charge is 0.354 e. The zero-order chi connectivity index (χ0) is 11.4. The maximum atomic E-state index is 10.7. The number of carboxylic acid groups (broad SMARTS) is 1. The number of carbonyl (C=O) groups is 1. The largest absolute Gasteiger partial charge is 0.477 e. The van der Waals surface area contributed by atoms with E-state index in [4.69, 9.17) is 5.11 Å². The number of carboxylic acids is 1.